The van der Waals surface area contributed by atoms with Crippen LogP contribution in [0.2, 0.25) is 0 Å². The molecule has 0 radical (unpaired) electrons. The number of carbonyl (C=O) groups is 2. The van der Waals surface area contributed by atoms with E-state index in [1.807, 2.05) is 44.2 Å². The second kappa shape index (κ2) is 11.5. The third kappa shape index (κ3) is 6.56. The van der Waals surface area contributed by atoms with Crippen LogP contribution in [0.25, 0.3) is 6.08 Å². The molecule has 3 aromatic rings. The van der Waals surface area contributed by atoms with Gasteiger partial charge in [-0.15, -0.1) is 0 Å². The molecule has 0 aliphatic heterocycles. The van der Waals surface area contributed by atoms with Crippen LogP contribution in [0, 0.1) is 25.2 Å². The van der Waals surface area contributed by atoms with Gasteiger partial charge in [-0.05, 0) is 62.2 Å². The van der Waals surface area contributed by atoms with Crippen LogP contribution >= 0.6 is 0 Å². The Morgan fingerprint density at radius 2 is 1.82 bits per heavy atom. The highest BCUT2D eigenvalue weighted by Gasteiger charge is 2.11. The zero-order chi connectivity index (χ0) is 24.5. The number of esters is 1. The first-order valence-electron chi connectivity index (χ1n) is 10.7. The third-order valence-electron chi connectivity index (χ3n) is 4.97. The molecule has 174 valence electrons. The molecule has 0 fully saturated rings. The van der Waals surface area contributed by atoms with E-state index in [0.29, 0.717) is 23.6 Å². The normalized spacial score (nSPS) is 10.9. The van der Waals surface area contributed by atoms with Gasteiger partial charge in [0.25, 0.3) is 0 Å². The molecule has 2 aromatic carbocycles. The first-order chi connectivity index (χ1) is 16.4. The number of amides is 1. The zero-order valence-electron chi connectivity index (χ0n) is 19.3. The smallest absolute Gasteiger partial charge is 0.348 e. The lowest BCUT2D eigenvalue weighted by Gasteiger charge is -2.08. The fourth-order valence-corrected chi connectivity index (χ4v) is 3.13. The van der Waals surface area contributed by atoms with Crippen LogP contribution in [0.3, 0.4) is 0 Å². The van der Waals surface area contributed by atoms with Crippen molar-refractivity contribution in [1.29, 1.82) is 5.26 Å². The monoisotopic (exact) mass is 459 g/mol. The number of hydrogen-bond donors (Lipinski definition) is 1. The van der Waals surface area contributed by atoms with Crippen LogP contribution in [-0.4, -0.2) is 23.6 Å². The van der Waals surface area contributed by atoms with Gasteiger partial charge in [-0.3, -0.25) is 4.79 Å². The van der Waals surface area contributed by atoms with Gasteiger partial charge in [-0.25, -0.2) is 4.79 Å². The number of benzene rings is 2. The molecule has 8 heteroatoms. The Bertz CT molecular complexity index is 1200. The number of carbonyl (C=O) groups excluding carboxylic acids is 2. The van der Waals surface area contributed by atoms with Gasteiger partial charge in [0.1, 0.15) is 29.8 Å². The second-order valence-electron chi connectivity index (χ2n) is 7.47. The van der Waals surface area contributed by atoms with Crippen LogP contribution in [0.15, 0.2) is 58.6 Å². The molecule has 1 heterocycles. The van der Waals surface area contributed by atoms with Gasteiger partial charge in [0.15, 0.2) is 0 Å². The van der Waals surface area contributed by atoms with E-state index in [1.165, 1.54) is 6.08 Å². The van der Waals surface area contributed by atoms with E-state index in [0.717, 1.165) is 22.6 Å². The van der Waals surface area contributed by atoms with E-state index in [9.17, 15) is 9.59 Å². The molecule has 1 aromatic heterocycles. The molecule has 0 aliphatic carbocycles. The van der Waals surface area contributed by atoms with Gasteiger partial charge >= 0.3 is 5.97 Å². The second-order valence-corrected chi connectivity index (χ2v) is 7.47. The maximum atomic E-state index is 12.4. The van der Waals surface area contributed by atoms with Gasteiger partial charge < -0.3 is 19.3 Å². The topological polar surface area (TPSA) is 114 Å². The van der Waals surface area contributed by atoms with E-state index in [2.05, 4.69) is 10.5 Å². The van der Waals surface area contributed by atoms with Crippen molar-refractivity contribution in [3.8, 4) is 11.8 Å². The quantitative estimate of drug-likeness (QED) is 0.284. The lowest BCUT2D eigenvalue weighted by Crippen LogP contribution is -2.14. The molecule has 0 spiro atoms. The largest absolute Gasteiger partial charge is 0.489 e. The summed E-state index contributed by atoms with van der Waals surface area (Å²) < 4.78 is 15.8. The minimum absolute atomic E-state index is 0.0854. The van der Waals surface area contributed by atoms with Crippen molar-refractivity contribution in [2.24, 2.45) is 0 Å². The SMILES string of the molecule is CCOC(=O)C(C#N)=Cc1ccc(NC(=O)Cc2ccc(OCc3c(C)noc3C)cc2)cc1. The number of nitrogens with one attached hydrogen (secondary N) is 1. The molecule has 3 rings (SSSR count). The van der Waals surface area contributed by atoms with E-state index in [1.54, 1.807) is 31.2 Å². The number of nitrogens with zero attached hydrogens (tertiary/aromatic N) is 2. The first-order valence-corrected chi connectivity index (χ1v) is 10.7. The maximum Gasteiger partial charge on any atom is 0.348 e. The number of aromatic nitrogens is 1. The predicted molar refractivity (Wildman–Crippen MR) is 126 cm³/mol. The Morgan fingerprint density at radius 3 is 2.41 bits per heavy atom. The summed E-state index contributed by atoms with van der Waals surface area (Å²) in [4.78, 5) is 24.1. The Hall–Kier alpha value is -4.38. The van der Waals surface area contributed by atoms with Crippen molar-refractivity contribution < 1.29 is 23.6 Å². The Labute approximate surface area is 197 Å². The molecule has 1 amide bonds. The van der Waals surface area contributed by atoms with E-state index in [4.69, 9.17) is 19.3 Å². The molecule has 34 heavy (non-hydrogen) atoms. The zero-order valence-corrected chi connectivity index (χ0v) is 19.3. The van der Waals surface area contributed by atoms with Crippen LogP contribution in [0.5, 0.6) is 5.75 Å². The summed E-state index contributed by atoms with van der Waals surface area (Å²) in [6.45, 7) is 5.95. The molecule has 8 nitrogen and oxygen atoms in total. The molecular weight excluding hydrogens is 434 g/mol. The highest BCUT2D eigenvalue weighted by atomic mass is 16.5. The first kappa shape index (κ1) is 24.3. The highest BCUT2D eigenvalue weighted by Crippen LogP contribution is 2.19. The highest BCUT2D eigenvalue weighted by molar-refractivity contribution is 5.98. The summed E-state index contributed by atoms with van der Waals surface area (Å²) in [5.74, 6) is 0.589. The Balaban J connectivity index is 1.53. The maximum absolute atomic E-state index is 12.4. The van der Waals surface area contributed by atoms with E-state index in [-0.39, 0.29) is 24.5 Å². The number of aryl methyl sites for hydroxylation is 2. The fraction of sp³-hybridized carbons (Fsp3) is 0.231. The average molecular weight is 460 g/mol. The van der Waals surface area contributed by atoms with Crippen molar-refractivity contribution in [3.63, 3.8) is 0 Å². The standard InChI is InChI=1S/C26H25N3O5/c1-4-32-26(31)21(15-27)13-19-5-9-22(10-6-19)28-25(30)14-20-7-11-23(12-8-20)33-16-24-17(2)29-34-18(24)3/h5-13H,4,14,16H2,1-3H3,(H,28,30). The minimum atomic E-state index is -0.664. The van der Waals surface area contributed by atoms with Crippen molar-refractivity contribution in [2.75, 3.05) is 11.9 Å². The molecule has 0 bridgehead atoms. The summed E-state index contributed by atoms with van der Waals surface area (Å²) in [6, 6.07) is 16.0. The van der Waals surface area contributed by atoms with Crippen LogP contribution in [-0.2, 0) is 27.4 Å². The van der Waals surface area contributed by atoms with Crippen molar-refractivity contribution in [2.45, 2.75) is 33.8 Å². The van der Waals surface area contributed by atoms with Gasteiger partial charge in [-0.2, -0.15) is 5.26 Å². The van der Waals surface area contributed by atoms with Crippen molar-refractivity contribution in [1.82, 2.24) is 5.16 Å². The molecular formula is C26H25N3O5. The summed E-state index contributed by atoms with van der Waals surface area (Å²) in [5, 5.41) is 15.9. The predicted octanol–water partition coefficient (Wildman–Crippen LogP) is 4.52. The third-order valence-corrected chi connectivity index (χ3v) is 4.97. The number of hydrogen-bond acceptors (Lipinski definition) is 7. The van der Waals surface area contributed by atoms with Gasteiger partial charge in [0.05, 0.1) is 24.3 Å². The van der Waals surface area contributed by atoms with Crippen LogP contribution in [0.1, 0.15) is 35.1 Å². The molecule has 1 N–H and O–H groups in total. The molecule has 0 atom stereocenters. The van der Waals surface area contributed by atoms with E-state index >= 15 is 0 Å². The lowest BCUT2D eigenvalue weighted by atomic mass is 10.1. The summed E-state index contributed by atoms with van der Waals surface area (Å²) in [7, 11) is 0. The fourth-order valence-electron chi connectivity index (χ4n) is 3.13. The average Bonchev–Trinajstić information content (AvgIpc) is 3.15. The van der Waals surface area contributed by atoms with Gasteiger partial charge in [0.2, 0.25) is 5.91 Å². The summed E-state index contributed by atoms with van der Waals surface area (Å²) in [5.41, 5.74) is 3.74. The van der Waals surface area contributed by atoms with Crippen LogP contribution < -0.4 is 10.1 Å². The molecule has 0 saturated carbocycles. The minimum Gasteiger partial charge on any atom is -0.489 e. The summed E-state index contributed by atoms with van der Waals surface area (Å²) >= 11 is 0. The Morgan fingerprint density at radius 1 is 1.12 bits per heavy atom. The number of ether oxygens (including phenoxy) is 2. The molecule has 0 aliphatic rings. The van der Waals surface area contributed by atoms with Crippen molar-refractivity contribution in [3.05, 3.63) is 82.2 Å². The van der Waals surface area contributed by atoms with Crippen LogP contribution in [0.4, 0.5) is 5.69 Å². The van der Waals surface area contributed by atoms with Crippen molar-refractivity contribution >= 4 is 23.6 Å². The van der Waals surface area contributed by atoms with Gasteiger partial charge in [-0.1, -0.05) is 29.4 Å². The molecule has 0 unspecified atom stereocenters. The molecule has 0 saturated heterocycles. The summed E-state index contributed by atoms with van der Waals surface area (Å²) in [6.07, 6.45) is 1.65. The Kier molecular flexibility index (Phi) is 8.19. The number of anilines is 1. The van der Waals surface area contributed by atoms with Gasteiger partial charge in [0, 0.05) is 5.69 Å². The number of rotatable bonds is 9. The van der Waals surface area contributed by atoms with E-state index < -0.39 is 5.97 Å². The lowest BCUT2D eigenvalue weighted by molar-refractivity contribution is -0.137. The number of nitriles is 1.